The number of ether oxygens (including phenoxy) is 1. The van der Waals surface area contributed by atoms with Crippen molar-refractivity contribution in [3.05, 3.63) is 59.2 Å². The van der Waals surface area contributed by atoms with Crippen molar-refractivity contribution >= 4 is 11.6 Å². The highest BCUT2D eigenvalue weighted by atomic mass is 19.1. The first-order chi connectivity index (χ1) is 10.6. The number of hydrogen-bond acceptors (Lipinski definition) is 2. The van der Waals surface area contributed by atoms with E-state index in [4.69, 9.17) is 4.74 Å². The zero-order valence-corrected chi connectivity index (χ0v) is 12.1. The van der Waals surface area contributed by atoms with Crippen LogP contribution in [0.4, 0.5) is 14.5 Å². The predicted molar refractivity (Wildman–Crippen MR) is 79.3 cm³/mol. The smallest absolute Gasteiger partial charge is 0.258 e. The summed E-state index contributed by atoms with van der Waals surface area (Å²) in [7, 11) is 1.59. The van der Waals surface area contributed by atoms with Crippen LogP contribution in [0.5, 0.6) is 5.75 Å². The molecule has 0 N–H and O–H groups in total. The van der Waals surface area contributed by atoms with Gasteiger partial charge in [0.15, 0.2) is 0 Å². The molecule has 2 aromatic rings. The molecule has 0 radical (unpaired) electrons. The van der Waals surface area contributed by atoms with Gasteiger partial charge in [0.2, 0.25) is 0 Å². The van der Waals surface area contributed by atoms with Crippen LogP contribution in [0, 0.1) is 11.6 Å². The molecular weight excluding hydrogens is 288 g/mol. The zero-order chi connectivity index (χ0) is 15.7. The Balaban J connectivity index is 1.98. The van der Waals surface area contributed by atoms with E-state index in [0.29, 0.717) is 6.54 Å². The summed E-state index contributed by atoms with van der Waals surface area (Å²) < 4.78 is 31.8. The minimum atomic E-state index is -0.754. The summed E-state index contributed by atoms with van der Waals surface area (Å²) in [5.74, 6) is -1.18. The molecule has 0 saturated heterocycles. The van der Waals surface area contributed by atoms with E-state index >= 15 is 0 Å². The number of carbonyl (C=O) groups excluding carboxylic acids is 1. The molecule has 3 rings (SSSR count). The van der Waals surface area contributed by atoms with Gasteiger partial charge in [-0.25, -0.2) is 8.78 Å². The molecule has 114 valence electrons. The lowest BCUT2D eigenvalue weighted by atomic mass is 10.0. The number of nitrogens with zero attached hydrogens (tertiary/aromatic N) is 1. The third-order valence-electron chi connectivity index (χ3n) is 3.76. The van der Waals surface area contributed by atoms with Crippen LogP contribution in [0.1, 0.15) is 22.3 Å². The fraction of sp³-hybridized carbons (Fsp3) is 0.235. The number of aryl methyl sites for hydroxylation is 1. The maximum Gasteiger partial charge on any atom is 0.258 e. The van der Waals surface area contributed by atoms with Crippen LogP contribution < -0.4 is 9.64 Å². The average molecular weight is 303 g/mol. The van der Waals surface area contributed by atoms with Gasteiger partial charge in [0, 0.05) is 23.9 Å². The van der Waals surface area contributed by atoms with Crippen LogP contribution in [0.3, 0.4) is 0 Å². The number of methoxy groups -OCH3 is 1. The first kappa shape index (κ1) is 14.5. The van der Waals surface area contributed by atoms with Crippen molar-refractivity contribution < 1.29 is 18.3 Å². The zero-order valence-electron chi connectivity index (χ0n) is 12.1. The molecule has 1 amide bonds. The highest BCUT2D eigenvalue weighted by Gasteiger charge is 2.24. The van der Waals surface area contributed by atoms with Gasteiger partial charge >= 0.3 is 0 Å². The van der Waals surface area contributed by atoms with Gasteiger partial charge in [0.05, 0.1) is 7.11 Å². The fourth-order valence-electron chi connectivity index (χ4n) is 2.74. The van der Waals surface area contributed by atoms with Gasteiger partial charge in [-0.05, 0) is 48.7 Å². The summed E-state index contributed by atoms with van der Waals surface area (Å²) >= 11 is 0. The second-order valence-electron chi connectivity index (χ2n) is 5.21. The van der Waals surface area contributed by atoms with Gasteiger partial charge in [-0.1, -0.05) is 0 Å². The first-order valence-corrected chi connectivity index (χ1v) is 7.03. The molecule has 2 aromatic carbocycles. The summed E-state index contributed by atoms with van der Waals surface area (Å²) in [6, 6.07) is 8.34. The van der Waals surface area contributed by atoms with Gasteiger partial charge in [-0.2, -0.15) is 0 Å². The Hall–Kier alpha value is -2.43. The summed E-state index contributed by atoms with van der Waals surface area (Å²) in [6.45, 7) is 0.524. The second-order valence-corrected chi connectivity index (χ2v) is 5.21. The van der Waals surface area contributed by atoms with E-state index in [2.05, 4.69) is 0 Å². The lowest BCUT2D eigenvalue weighted by molar-refractivity contribution is 0.0984. The standard InChI is InChI=1S/C17H15F2NO2/c1-22-15-4-5-16-11(9-15)3-2-6-20(16)17(21)12-7-13(18)10-14(19)8-12/h4-5,7-10H,2-3,6H2,1H3. The Morgan fingerprint density at radius 2 is 1.86 bits per heavy atom. The number of anilines is 1. The minimum Gasteiger partial charge on any atom is -0.497 e. The molecule has 1 aliphatic heterocycles. The maximum atomic E-state index is 13.3. The van der Waals surface area contributed by atoms with Crippen molar-refractivity contribution in [3.8, 4) is 5.75 Å². The van der Waals surface area contributed by atoms with Crippen molar-refractivity contribution in [3.63, 3.8) is 0 Å². The number of amides is 1. The van der Waals surface area contributed by atoms with Crippen LogP contribution in [0.25, 0.3) is 0 Å². The summed E-state index contributed by atoms with van der Waals surface area (Å²) in [5.41, 5.74) is 1.78. The van der Waals surface area contributed by atoms with Crippen molar-refractivity contribution in [2.24, 2.45) is 0 Å². The summed E-state index contributed by atoms with van der Waals surface area (Å²) in [4.78, 5) is 14.1. The molecule has 0 fully saturated rings. The molecule has 0 atom stereocenters. The monoisotopic (exact) mass is 303 g/mol. The largest absolute Gasteiger partial charge is 0.497 e. The van der Waals surface area contributed by atoms with Crippen molar-refractivity contribution in [2.75, 3.05) is 18.6 Å². The maximum absolute atomic E-state index is 13.3. The van der Waals surface area contributed by atoms with E-state index < -0.39 is 17.5 Å². The first-order valence-electron chi connectivity index (χ1n) is 7.03. The molecule has 5 heteroatoms. The highest BCUT2D eigenvalue weighted by Crippen LogP contribution is 2.31. The van der Waals surface area contributed by atoms with Crippen molar-refractivity contribution in [2.45, 2.75) is 12.8 Å². The number of rotatable bonds is 2. The third-order valence-corrected chi connectivity index (χ3v) is 3.76. The van der Waals surface area contributed by atoms with E-state index in [1.807, 2.05) is 6.07 Å². The molecule has 3 nitrogen and oxygen atoms in total. The number of halogens is 2. The Labute approximate surface area is 127 Å². The number of hydrogen-bond donors (Lipinski definition) is 0. The van der Waals surface area contributed by atoms with Crippen LogP contribution in [-0.2, 0) is 6.42 Å². The summed E-state index contributed by atoms with van der Waals surface area (Å²) in [6.07, 6.45) is 1.64. The molecule has 0 aromatic heterocycles. The average Bonchev–Trinajstić information content (AvgIpc) is 2.52. The van der Waals surface area contributed by atoms with Crippen molar-refractivity contribution in [1.29, 1.82) is 0 Å². The van der Waals surface area contributed by atoms with E-state index in [1.165, 1.54) is 0 Å². The molecule has 0 bridgehead atoms. The summed E-state index contributed by atoms with van der Waals surface area (Å²) in [5, 5.41) is 0. The Bertz CT molecular complexity index is 710. The molecule has 0 aliphatic carbocycles. The van der Waals surface area contributed by atoms with Crippen LogP contribution in [0.15, 0.2) is 36.4 Å². The fourth-order valence-corrected chi connectivity index (χ4v) is 2.74. The molecule has 22 heavy (non-hydrogen) atoms. The SMILES string of the molecule is COc1ccc2c(c1)CCCN2C(=O)c1cc(F)cc(F)c1. The molecule has 0 saturated carbocycles. The van der Waals surface area contributed by atoms with Gasteiger partial charge in [0.25, 0.3) is 5.91 Å². The topological polar surface area (TPSA) is 29.5 Å². The lowest BCUT2D eigenvalue weighted by Gasteiger charge is -2.30. The second kappa shape index (κ2) is 5.75. The van der Waals surface area contributed by atoms with Crippen LogP contribution in [-0.4, -0.2) is 19.6 Å². The van der Waals surface area contributed by atoms with Gasteiger partial charge in [-0.3, -0.25) is 4.79 Å². The van der Waals surface area contributed by atoms with E-state index in [-0.39, 0.29) is 5.56 Å². The van der Waals surface area contributed by atoms with Crippen LogP contribution in [0.2, 0.25) is 0 Å². The Morgan fingerprint density at radius 1 is 1.14 bits per heavy atom. The van der Waals surface area contributed by atoms with E-state index in [9.17, 15) is 13.6 Å². The third kappa shape index (κ3) is 2.66. The Kier molecular flexibility index (Phi) is 3.79. The Morgan fingerprint density at radius 3 is 2.55 bits per heavy atom. The number of benzene rings is 2. The number of fused-ring (bicyclic) bond motifs is 1. The molecule has 1 aliphatic rings. The molecular formula is C17H15F2NO2. The minimum absolute atomic E-state index is 0.0150. The highest BCUT2D eigenvalue weighted by molar-refractivity contribution is 6.06. The van der Waals surface area contributed by atoms with Crippen molar-refractivity contribution in [1.82, 2.24) is 0 Å². The number of carbonyl (C=O) groups is 1. The lowest BCUT2D eigenvalue weighted by Crippen LogP contribution is -2.35. The van der Waals surface area contributed by atoms with Gasteiger partial charge in [0.1, 0.15) is 17.4 Å². The molecule has 1 heterocycles. The molecule has 0 unspecified atom stereocenters. The van der Waals surface area contributed by atoms with Gasteiger partial charge in [-0.15, -0.1) is 0 Å². The quantitative estimate of drug-likeness (QED) is 0.849. The van der Waals surface area contributed by atoms with Gasteiger partial charge < -0.3 is 9.64 Å². The van der Waals surface area contributed by atoms with Crippen LogP contribution >= 0.6 is 0 Å². The van der Waals surface area contributed by atoms with E-state index in [1.54, 1.807) is 24.1 Å². The predicted octanol–water partition coefficient (Wildman–Crippen LogP) is 3.57. The van der Waals surface area contributed by atoms with E-state index in [0.717, 1.165) is 48.0 Å². The normalized spacial score (nSPS) is 13.7. The molecule has 0 spiro atoms.